The van der Waals surface area contributed by atoms with Gasteiger partial charge >= 0.3 is 0 Å². The Balaban J connectivity index is 2.16. The quantitative estimate of drug-likeness (QED) is 0.537. The minimum atomic E-state index is 0.0469. The summed E-state index contributed by atoms with van der Waals surface area (Å²) in [4.78, 5) is 17.1. The molecule has 0 N–H and O–H groups in total. The number of hydrogen-bond donors (Lipinski definition) is 0. The van der Waals surface area contributed by atoms with Crippen LogP contribution in [0.5, 0.6) is 0 Å². The predicted octanol–water partition coefficient (Wildman–Crippen LogP) is 0.712. The van der Waals surface area contributed by atoms with Gasteiger partial charge in [-0.1, -0.05) is 11.8 Å². The van der Waals surface area contributed by atoms with E-state index in [0.717, 1.165) is 24.0 Å². The SMILES string of the molecule is O=C1CCN2CCCSC2=N1. The van der Waals surface area contributed by atoms with Gasteiger partial charge in [-0.25, -0.2) is 0 Å². The molecule has 0 aliphatic carbocycles. The fraction of sp³-hybridized carbons (Fsp3) is 0.714. The zero-order chi connectivity index (χ0) is 7.68. The summed E-state index contributed by atoms with van der Waals surface area (Å²) in [7, 11) is 0. The molecular formula is C7H10N2OS. The van der Waals surface area contributed by atoms with Crippen LogP contribution >= 0.6 is 11.8 Å². The van der Waals surface area contributed by atoms with Gasteiger partial charge in [-0.05, 0) is 6.42 Å². The number of amidine groups is 1. The van der Waals surface area contributed by atoms with E-state index in [1.807, 2.05) is 0 Å². The van der Waals surface area contributed by atoms with Crippen molar-refractivity contribution in [1.82, 2.24) is 4.90 Å². The van der Waals surface area contributed by atoms with Crippen LogP contribution in [0.1, 0.15) is 12.8 Å². The van der Waals surface area contributed by atoms with Crippen molar-refractivity contribution in [2.45, 2.75) is 12.8 Å². The highest BCUT2D eigenvalue weighted by molar-refractivity contribution is 8.13. The van der Waals surface area contributed by atoms with Crippen LogP contribution in [0.3, 0.4) is 0 Å². The molecule has 3 nitrogen and oxygen atoms in total. The Morgan fingerprint density at radius 3 is 3.27 bits per heavy atom. The number of hydrogen-bond acceptors (Lipinski definition) is 3. The molecule has 0 saturated carbocycles. The average molecular weight is 170 g/mol. The minimum Gasteiger partial charge on any atom is -0.351 e. The van der Waals surface area contributed by atoms with E-state index in [0.29, 0.717) is 6.42 Å². The Kier molecular flexibility index (Phi) is 1.85. The number of fused-ring (bicyclic) bond motifs is 1. The van der Waals surface area contributed by atoms with Gasteiger partial charge in [0.05, 0.1) is 0 Å². The standard InChI is InChI=1S/C7H10N2OS/c10-6-2-4-9-3-1-5-11-7(9)8-6/h1-5H2. The second kappa shape index (κ2) is 2.85. The molecule has 1 saturated heterocycles. The summed E-state index contributed by atoms with van der Waals surface area (Å²) >= 11 is 1.71. The van der Waals surface area contributed by atoms with E-state index in [1.54, 1.807) is 11.8 Å². The predicted molar refractivity (Wildman–Crippen MR) is 45.7 cm³/mol. The molecule has 0 aromatic heterocycles. The first-order chi connectivity index (χ1) is 5.36. The molecule has 11 heavy (non-hydrogen) atoms. The number of thioether (sulfide) groups is 1. The first-order valence-corrected chi connectivity index (χ1v) is 4.84. The Morgan fingerprint density at radius 2 is 2.36 bits per heavy atom. The third-order valence-electron chi connectivity index (χ3n) is 1.89. The molecule has 2 aliphatic heterocycles. The Morgan fingerprint density at radius 1 is 1.45 bits per heavy atom. The molecular weight excluding hydrogens is 160 g/mol. The van der Waals surface area contributed by atoms with Crippen LogP contribution in [-0.4, -0.2) is 34.8 Å². The van der Waals surface area contributed by atoms with Crippen molar-refractivity contribution in [3.63, 3.8) is 0 Å². The van der Waals surface area contributed by atoms with Crippen LogP contribution in [0.15, 0.2) is 4.99 Å². The van der Waals surface area contributed by atoms with Crippen LogP contribution < -0.4 is 0 Å². The highest BCUT2D eigenvalue weighted by Gasteiger charge is 2.22. The molecule has 0 aromatic rings. The Hall–Kier alpha value is -0.510. The maximum Gasteiger partial charge on any atom is 0.249 e. The van der Waals surface area contributed by atoms with Crippen LogP contribution in [0.2, 0.25) is 0 Å². The highest BCUT2D eigenvalue weighted by atomic mass is 32.2. The number of rotatable bonds is 0. The molecule has 0 radical (unpaired) electrons. The van der Waals surface area contributed by atoms with E-state index >= 15 is 0 Å². The maximum absolute atomic E-state index is 10.9. The minimum absolute atomic E-state index is 0.0469. The van der Waals surface area contributed by atoms with Gasteiger partial charge in [0, 0.05) is 25.3 Å². The molecule has 4 heteroatoms. The average Bonchev–Trinajstić information content (AvgIpc) is 2.04. The van der Waals surface area contributed by atoms with Crippen LogP contribution in [0.4, 0.5) is 0 Å². The maximum atomic E-state index is 10.9. The van der Waals surface area contributed by atoms with Crippen molar-refractivity contribution in [3.8, 4) is 0 Å². The number of aliphatic imine (C=N–C) groups is 1. The number of amides is 1. The van der Waals surface area contributed by atoms with Crippen molar-refractivity contribution in [2.24, 2.45) is 4.99 Å². The molecule has 2 heterocycles. The molecule has 1 amide bonds. The Labute approximate surface area is 69.9 Å². The van der Waals surface area contributed by atoms with E-state index in [9.17, 15) is 4.79 Å². The van der Waals surface area contributed by atoms with E-state index in [4.69, 9.17) is 0 Å². The van der Waals surface area contributed by atoms with Gasteiger partial charge in [-0.3, -0.25) is 4.79 Å². The van der Waals surface area contributed by atoms with Gasteiger partial charge in [0.15, 0.2) is 5.17 Å². The summed E-state index contributed by atoms with van der Waals surface area (Å²) in [5.41, 5.74) is 0. The fourth-order valence-corrected chi connectivity index (χ4v) is 2.30. The molecule has 2 aliphatic rings. The van der Waals surface area contributed by atoms with Gasteiger partial charge in [-0.2, -0.15) is 4.99 Å². The second-order valence-electron chi connectivity index (χ2n) is 2.73. The Bertz CT molecular complexity index is 214. The van der Waals surface area contributed by atoms with Gasteiger partial charge in [-0.15, -0.1) is 0 Å². The summed E-state index contributed by atoms with van der Waals surface area (Å²) in [6.07, 6.45) is 1.82. The van der Waals surface area contributed by atoms with E-state index in [2.05, 4.69) is 9.89 Å². The van der Waals surface area contributed by atoms with Crippen molar-refractivity contribution >= 4 is 22.8 Å². The molecule has 2 rings (SSSR count). The fourth-order valence-electron chi connectivity index (χ4n) is 1.31. The summed E-state index contributed by atoms with van der Waals surface area (Å²) < 4.78 is 0. The third kappa shape index (κ3) is 1.40. The van der Waals surface area contributed by atoms with Gasteiger partial charge in [0.25, 0.3) is 0 Å². The molecule has 0 spiro atoms. The summed E-state index contributed by atoms with van der Waals surface area (Å²) in [6.45, 7) is 1.96. The molecule has 0 atom stereocenters. The van der Waals surface area contributed by atoms with Crippen molar-refractivity contribution < 1.29 is 4.79 Å². The normalized spacial score (nSPS) is 24.5. The van der Waals surface area contributed by atoms with Crippen molar-refractivity contribution in [3.05, 3.63) is 0 Å². The molecule has 60 valence electrons. The summed E-state index contributed by atoms with van der Waals surface area (Å²) in [5.74, 6) is 1.16. The lowest BCUT2D eigenvalue weighted by molar-refractivity contribution is -0.118. The smallest absolute Gasteiger partial charge is 0.249 e. The molecule has 0 unspecified atom stereocenters. The van der Waals surface area contributed by atoms with Crippen LogP contribution in [-0.2, 0) is 4.79 Å². The lowest BCUT2D eigenvalue weighted by Gasteiger charge is -2.31. The van der Waals surface area contributed by atoms with Gasteiger partial charge in [0.1, 0.15) is 0 Å². The second-order valence-corrected chi connectivity index (χ2v) is 3.79. The van der Waals surface area contributed by atoms with E-state index < -0.39 is 0 Å². The van der Waals surface area contributed by atoms with E-state index in [1.165, 1.54) is 6.42 Å². The first kappa shape index (κ1) is 7.16. The van der Waals surface area contributed by atoms with Crippen LogP contribution in [0, 0.1) is 0 Å². The van der Waals surface area contributed by atoms with E-state index in [-0.39, 0.29) is 5.91 Å². The van der Waals surface area contributed by atoms with Crippen molar-refractivity contribution in [2.75, 3.05) is 18.8 Å². The van der Waals surface area contributed by atoms with Gasteiger partial charge < -0.3 is 4.90 Å². The molecule has 1 fully saturated rings. The zero-order valence-corrected chi connectivity index (χ0v) is 7.06. The van der Waals surface area contributed by atoms with Crippen molar-refractivity contribution in [1.29, 1.82) is 0 Å². The topological polar surface area (TPSA) is 32.7 Å². The number of carbonyl (C=O) groups excluding carboxylic acids is 1. The van der Waals surface area contributed by atoms with Crippen LogP contribution in [0.25, 0.3) is 0 Å². The molecule has 0 bridgehead atoms. The lowest BCUT2D eigenvalue weighted by atomic mass is 10.3. The zero-order valence-electron chi connectivity index (χ0n) is 6.25. The summed E-state index contributed by atoms with van der Waals surface area (Å²) in [6, 6.07) is 0. The summed E-state index contributed by atoms with van der Waals surface area (Å²) in [5, 5.41) is 0.951. The monoisotopic (exact) mass is 170 g/mol. The number of nitrogens with zero attached hydrogens (tertiary/aromatic N) is 2. The number of carbonyl (C=O) groups is 1. The lowest BCUT2D eigenvalue weighted by Crippen LogP contribution is -2.39. The molecule has 0 aromatic carbocycles. The largest absolute Gasteiger partial charge is 0.351 e. The van der Waals surface area contributed by atoms with Gasteiger partial charge in [0.2, 0.25) is 5.91 Å². The first-order valence-electron chi connectivity index (χ1n) is 3.85. The third-order valence-corrected chi connectivity index (χ3v) is 2.99. The highest BCUT2D eigenvalue weighted by Crippen LogP contribution is 2.20.